The molecule has 1 unspecified atom stereocenters. The van der Waals surface area contributed by atoms with Crippen molar-refractivity contribution in [3.05, 3.63) is 0 Å². The molecule has 2 aliphatic heterocycles. The molecule has 0 spiro atoms. The third-order valence-corrected chi connectivity index (χ3v) is 3.22. The number of nitrogens with one attached hydrogen (secondary N) is 1. The van der Waals surface area contributed by atoms with E-state index in [1.165, 1.54) is 32.5 Å². The largest absolute Gasteiger partial charge is 0.381 e. The van der Waals surface area contributed by atoms with Crippen LogP contribution in [0.4, 0.5) is 0 Å². The van der Waals surface area contributed by atoms with Gasteiger partial charge < -0.3 is 15.0 Å². The van der Waals surface area contributed by atoms with Crippen molar-refractivity contribution < 1.29 is 4.74 Å². The van der Waals surface area contributed by atoms with Crippen LogP contribution in [-0.2, 0) is 4.74 Å². The normalized spacial score (nSPS) is 35.8. The zero-order valence-electron chi connectivity index (χ0n) is 9.17. The minimum atomic E-state index is 0.660. The van der Waals surface area contributed by atoms with Crippen LogP contribution in [0.2, 0.25) is 0 Å². The van der Waals surface area contributed by atoms with E-state index in [4.69, 9.17) is 4.74 Å². The first-order chi connectivity index (χ1) is 6.84. The lowest BCUT2D eigenvalue weighted by molar-refractivity contribution is 0.0344. The maximum Gasteiger partial charge on any atom is 0.0506 e. The molecule has 2 atom stereocenters. The SMILES string of the molecule is C[C@@H]1CN(CC2CCCOC2)CCN1. The Morgan fingerprint density at radius 3 is 3.14 bits per heavy atom. The van der Waals surface area contributed by atoms with Gasteiger partial charge >= 0.3 is 0 Å². The summed E-state index contributed by atoms with van der Waals surface area (Å²) in [5.41, 5.74) is 0. The standard InChI is InChI=1S/C11H22N2O/c1-10-7-13(5-4-12-10)8-11-3-2-6-14-9-11/h10-12H,2-9H2,1H3/t10-,11?/m1/s1. The second-order valence-corrected chi connectivity index (χ2v) is 4.70. The molecule has 14 heavy (non-hydrogen) atoms. The van der Waals surface area contributed by atoms with Crippen molar-refractivity contribution in [1.29, 1.82) is 0 Å². The molecule has 2 rings (SSSR count). The van der Waals surface area contributed by atoms with Crippen LogP contribution in [0.5, 0.6) is 0 Å². The lowest BCUT2D eigenvalue weighted by Crippen LogP contribution is -2.50. The van der Waals surface area contributed by atoms with Crippen LogP contribution in [0.1, 0.15) is 19.8 Å². The summed E-state index contributed by atoms with van der Waals surface area (Å²) in [6.07, 6.45) is 2.62. The molecule has 0 radical (unpaired) electrons. The van der Waals surface area contributed by atoms with Crippen LogP contribution in [0.15, 0.2) is 0 Å². The molecule has 0 saturated carbocycles. The third kappa shape index (κ3) is 2.94. The number of rotatable bonds is 2. The fourth-order valence-corrected chi connectivity index (χ4v) is 2.49. The number of ether oxygens (including phenoxy) is 1. The summed E-state index contributed by atoms with van der Waals surface area (Å²) < 4.78 is 5.51. The average Bonchev–Trinajstić information content (AvgIpc) is 2.19. The van der Waals surface area contributed by atoms with E-state index in [1.807, 2.05) is 0 Å². The Morgan fingerprint density at radius 1 is 1.50 bits per heavy atom. The van der Waals surface area contributed by atoms with Gasteiger partial charge in [-0.05, 0) is 25.7 Å². The Bertz CT molecular complexity index is 169. The first-order valence-corrected chi connectivity index (χ1v) is 5.88. The molecule has 2 aliphatic rings. The summed E-state index contributed by atoms with van der Waals surface area (Å²) in [6, 6.07) is 0.660. The molecule has 2 fully saturated rings. The molecule has 2 heterocycles. The van der Waals surface area contributed by atoms with E-state index in [9.17, 15) is 0 Å². The van der Waals surface area contributed by atoms with Crippen molar-refractivity contribution in [1.82, 2.24) is 10.2 Å². The first-order valence-electron chi connectivity index (χ1n) is 5.88. The highest BCUT2D eigenvalue weighted by Gasteiger charge is 2.21. The Balaban J connectivity index is 1.72. The summed E-state index contributed by atoms with van der Waals surface area (Å²) in [6.45, 7) is 9.04. The lowest BCUT2D eigenvalue weighted by Gasteiger charge is -2.35. The number of hydrogen-bond donors (Lipinski definition) is 1. The van der Waals surface area contributed by atoms with E-state index in [2.05, 4.69) is 17.1 Å². The zero-order chi connectivity index (χ0) is 9.80. The molecule has 0 aromatic heterocycles. The molecule has 0 amide bonds. The van der Waals surface area contributed by atoms with Crippen molar-refractivity contribution in [3.63, 3.8) is 0 Å². The summed E-state index contributed by atoms with van der Waals surface area (Å²) in [7, 11) is 0. The Kier molecular flexibility index (Phi) is 3.79. The van der Waals surface area contributed by atoms with Gasteiger partial charge in [0.05, 0.1) is 6.61 Å². The van der Waals surface area contributed by atoms with E-state index in [0.717, 1.165) is 25.7 Å². The monoisotopic (exact) mass is 198 g/mol. The first kappa shape index (κ1) is 10.4. The van der Waals surface area contributed by atoms with Gasteiger partial charge in [-0.15, -0.1) is 0 Å². The summed E-state index contributed by atoms with van der Waals surface area (Å²) >= 11 is 0. The molecule has 0 aliphatic carbocycles. The predicted molar refractivity (Wildman–Crippen MR) is 57.4 cm³/mol. The number of piperazine rings is 1. The van der Waals surface area contributed by atoms with E-state index >= 15 is 0 Å². The minimum Gasteiger partial charge on any atom is -0.381 e. The highest BCUT2D eigenvalue weighted by Crippen LogP contribution is 2.15. The molecular weight excluding hydrogens is 176 g/mol. The van der Waals surface area contributed by atoms with Crippen LogP contribution in [0.25, 0.3) is 0 Å². The Hall–Kier alpha value is -0.120. The van der Waals surface area contributed by atoms with Gasteiger partial charge in [0.15, 0.2) is 0 Å². The van der Waals surface area contributed by atoms with Crippen LogP contribution in [0, 0.1) is 5.92 Å². The molecule has 0 aromatic carbocycles. The van der Waals surface area contributed by atoms with Gasteiger partial charge in [-0.3, -0.25) is 0 Å². The summed E-state index contributed by atoms with van der Waals surface area (Å²) in [5, 5.41) is 3.48. The molecule has 3 heteroatoms. The zero-order valence-corrected chi connectivity index (χ0v) is 9.17. The number of nitrogens with zero attached hydrogens (tertiary/aromatic N) is 1. The molecule has 2 saturated heterocycles. The molecule has 3 nitrogen and oxygen atoms in total. The third-order valence-electron chi connectivity index (χ3n) is 3.22. The van der Waals surface area contributed by atoms with Crippen molar-refractivity contribution in [2.75, 3.05) is 39.4 Å². The summed E-state index contributed by atoms with van der Waals surface area (Å²) in [4.78, 5) is 2.58. The molecule has 0 bridgehead atoms. The van der Waals surface area contributed by atoms with E-state index < -0.39 is 0 Å². The van der Waals surface area contributed by atoms with Gasteiger partial charge in [0, 0.05) is 38.8 Å². The van der Waals surface area contributed by atoms with Gasteiger partial charge in [0.25, 0.3) is 0 Å². The van der Waals surface area contributed by atoms with Gasteiger partial charge in [0.2, 0.25) is 0 Å². The van der Waals surface area contributed by atoms with Crippen molar-refractivity contribution in [2.45, 2.75) is 25.8 Å². The molecule has 0 aromatic rings. The minimum absolute atomic E-state index is 0.660. The second-order valence-electron chi connectivity index (χ2n) is 4.70. The van der Waals surface area contributed by atoms with E-state index in [1.54, 1.807) is 0 Å². The predicted octanol–water partition coefficient (Wildman–Crippen LogP) is 0.707. The van der Waals surface area contributed by atoms with Crippen molar-refractivity contribution >= 4 is 0 Å². The van der Waals surface area contributed by atoms with E-state index in [0.29, 0.717) is 6.04 Å². The van der Waals surface area contributed by atoms with Crippen LogP contribution in [-0.4, -0.2) is 50.3 Å². The van der Waals surface area contributed by atoms with Gasteiger partial charge in [-0.2, -0.15) is 0 Å². The Morgan fingerprint density at radius 2 is 2.43 bits per heavy atom. The molecule has 1 N–H and O–H groups in total. The smallest absolute Gasteiger partial charge is 0.0506 e. The molecule has 82 valence electrons. The van der Waals surface area contributed by atoms with Gasteiger partial charge in [-0.25, -0.2) is 0 Å². The highest BCUT2D eigenvalue weighted by atomic mass is 16.5. The average molecular weight is 198 g/mol. The van der Waals surface area contributed by atoms with Crippen LogP contribution in [0.3, 0.4) is 0 Å². The van der Waals surface area contributed by atoms with Gasteiger partial charge in [-0.1, -0.05) is 0 Å². The van der Waals surface area contributed by atoms with Crippen molar-refractivity contribution in [3.8, 4) is 0 Å². The summed E-state index contributed by atoms with van der Waals surface area (Å²) in [5.74, 6) is 0.786. The van der Waals surface area contributed by atoms with E-state index in [-0.39, 0.29) is 0 Å². The Labute approximate surface area is 86.8 Å². The quantitative estimate of drug-likeness (QED) is 0.707. The van der Waals surface area contributed by atoms with Gasteiger partial charge in [0.1, 0.15) is 0 Å². The second kappa shape index (κ2) is 5.10. The number of hydrogen-bond acceptors (Lipinski definition) is 3. The lowest BCUT2D eigenvalue weighted by atomic mass is 10.0. The fourth-order valence-electron chi connectivity index (χ4n) is 2.49. The highest BCUT2D eigenvalue weighted by molar-refractivity contribution is 4.77. The van der Waals surface area contributed by atoms with Crippen molar-refractivity contribution in [2.24, 2.45) is 5.92 Å². The van der Waals surface area contributed by atoms with Crippen LogP contribution < -0.4 is 5.32 Å². The molecular formula is C11H22N2O. The topological polar surface area (TPSA) is 24.5 Å². The fraction of sp³-hybridized carbons (Fsp3) is 1.00. The maximum atomic E-state index is 5.51. The van der Waals surface area contributed by atoms with Crippen LogP contribution >= 0.6 is 0 Å². The maximum absolute atomic E-state index is 5.51.